The van der Waals surface area contributed by atoms with Crippen LogP contribution in [0.2, 0.25) is 0 Å². The SMILES string of the molecule is COc1cc(NC(=O)c2ccccc2I)c(OC)cc1NC(C)=O. The van der Waals surface area contributed by atoms with Gasteiger partial charge in [0, 0.05) is 22.6 Å². The van der Waals surface area contributed by atoms with Crippen molar-refractivity contribution in [2.24, 2.45) is 0 Å². The Bertz CT molecular complexity index is 777. The number of anilines is 2. The summed E-state index contributed by atoms with van der Waals surface area (Å²) in [4.78, 5) is 23.8. The second-order valence-electron chi connectivity index (χ2n) is 4.87. The lowest BCUT2D eigenvalue weighted by molar-refractivity contribution is -0.114. The number of rotatable bonds is 5. The fourth-order valence-electron chi connectivity index (χ4n) is 2.12. The van der Waals surface area contributed by atoms with Crippen molar-refractivity contribution in [2.75, 3.05) is 24.9 Å². The van der Waals surface area contributed by atoms with Gasteiger partial charge in [0.25, 0.3) is 5.91 Å². The Balaban J connectivity index is 2.37. The molecule has 126 valence electrons. The second kappa shape index (κ2) is 8.00. The molecule has 0 fully saturated rings. The first-order chi connectivity index (χ1) is 11.5. The predicted molar refractivity (Wildman–Crippen MR) is 101 cm³/mol. The molecule has 0 saturated heterocycles. The molecule has 7 heteroatoms. The van der Waals surface area contributed by atoms with Crippen molar-refractivity contribution in [2.45, 2.75) is 6.92 Å². The molecule has 0 atom stereocenters. The molecular formula is C17H17IN2O4. The van der Waals surface area contributed by atoms with Crippen LogP contribution in [0, 0.1) is 3.57 Å². The maximum absolute atomic E-state index is 12.5. The summed E-state index contributed by atoms with van der Waals surface area (Å²) in [7, 11) is 2.97. The largest absolute Gasteiger partial charge is 0.494 e. The van der Waals surface area contributed by atoms with Gasteiger partial charge in [-0.3, -0.25) is 9.59 Å². The Morgan fingerprint density at radius 3 is 2.00 bits per heavy atom. The van der Waals surface area contributed by atoms with E-state index in [1.165, 1.54) is 21.1 Å². The maximum Gasteiger partial charge on any atom is 0.256 e. The minimum atomic E-state index is -0.257. The minimum absolute atomic E-state index is 0.231. The molecule has 2 aromatic rings. The van der Waals surface area contributed by atoms with Crippen LogP contribution in [0.25, 0.3) is 0 Å². The maximum atomic E-state index is 12.5. The smallest absolute Gasteiger partial charge is 0.256 e. The van der Waals surface area contributed by atoms with Crippen molar-refractivity contribution in [1.29, 1.82) is 0 Å². The summed E-state index contributed by atoms with van der Waals surface area (Å²) in [5.41, 5.74) is 1.48. The highest BCUT2D eigenvalue weighted by atomic mass is 127. The highest BCUT2D eigenvalue weighted by molar-refractivity contribution is 14.1. The van der Waals surface area contributed by atoms with Crippen molar-refractivity contribution in [3.8, 4) is 11.5 Å². The number of carbonyl (C=O) groups is 2. The van der Waals surface area contributed by atoms with E-state index < -0.39 is 0 Å². The van der Waals surface area contributed by atoms with Gasteiger partial charge >= 0.3 is 0 Å². The molecule has 0 radical (unpaired) electrons. The highest BCUT2D eigenvalue weighted by Gasteiger charge is 2.16. The van der Waals surface area contributed by atoms with E-state index in [0.29, 0.717) is 28.4 Å². The van der Waals surface area contributed by atoms with E-state index >= 15 is 0 Å². The molecule has 0 unspecified atom stereocenters. The minimum Gasteiger partial charge on any atom is -0.494 e. The lowest BCUT2D eigenvalue weighted by Crippen LogP contribution is -2.15. The Morgan fingerprint density at radius 2 is 1.50 bits per heavy atom. The first-order valence-corrected chi connectivity index (χ1v) is 8.13. The zero-order valence-electron chi connectivity index (χ0n) is 13.5. The lowest BCUT2D eigenvalue weighted by atomic mass is 10.2. The Hall–Kier alpha value is -2.29. The van der Waals surface area contributed by atoms with Gasteiger partial charge in [0.15, 0.2) is 0 Å². The number of ether oxygens (including phenoxy) is 2. The van der Waals surface area contributed by atoms with E-state index in [-0.39, 0.29) is 11.8 Å². The second-order valence-corrected chi connectivity index (χ2v) is 6.03. The van der Waals surface area contributed by atoms with Gasteiger partial charge in [0.1, 0.15) is 11.5 Å². The van der Waals surface area contributed by atoms with Crippen molar-refractivity contribution in [3.63, 3.8) is 0 Å². The summed E-state index contributed by atoms with van der Waals surface area (Å²) in [6, 6.07) is 10.5. The van der Waals surface area contributed by atoms with E-state index in [9.17, 15) is 9.59 Å². The molecule has 0 spiro atoms. The van der Waals surface area contributed by atoms with E-state index in [4.69, 9.17) is 9.47 Å². The standard InChI is InChI=1S/C17H17IN2O4/c1-10(21)19-13-8-16(24-3)14(9-15(13)23-2)20-17(22)11-6-4-5-7-12(11)18/h4-9H,1-3H3,(H,19,21)(H,20,22). The lowest BCUT2D eigenvalue weighted by Gasteiger charge is -2.16. The van der Waals surface area contributed by atoms with Crippen molar-refractivity contribution < 1.29 is 19.1 Å². The molecule has 0 saturated carbocycles. The summed E-state index contributed by atoms with van der Waals surface area (Å²) in [5.74, 6) is 0.349. The first kappa shape index (κ1) is 18.1. The van der Waals surface area contributed by atoms with E-state index in [1.54, 1.807) is 24.3 Å². The van der Waals surface area contributed by atoms with E-state index in [1.807, 2.05) is 12.1 Å². The predicted octanol–water partition coefficient (Wildman–Crippen LogP) is 3.52. The summed E-state index contributed by atoms with van der Waals surface area (Å²) in [6.07, 6.45) is 0. The van der Waals surface area contributed by atoms with Gasteiger partial charge in [-0.15, -0.1) is 0 Å². The molecule has 0 heterocycles. The van der Waals surface area contributed by atoms with Crippen LogP contribution in [0.1, 0.15) is 17.3 Å². The van der Waals surface area contributed by atoms with Crippen LogP contribution in [0.15, 0.2) is 36.4 Å². The quantitative estimate of drug-likeness (QED) is 0.698. The summed E-state index contributed by atoms with van der Waals surface area (Å²) in [6.45, 7) is 1.40. The molecule has 0 aromatic heterocycles. The highest BCUT2D eigenvalue weighted by Crippen LogP contribution is 2.36. The molecule has 2 amide bonds. The summed E-state index contributed by atoms with van der Waals surface area (Å²) >= 11 is 2.10. The fourth-order valence-corrected chi connectivity index (χ4v) is 2.75. The van der Waals surface area contributed by atoms with Crippen LogP contribution in [0.3, 0.4) is 0 Å². The average Bonchev–Trinajstić information content (AvgIpc) is 2.55. The number of carbonyl (C=O) groups excluding carboxylic acids is 2. The van der Waals surface area contributed by atoms with Gasteiger partial charge in [0.05, 0.1) is 31.2 Å². The Morgan fingerprint density at radius 1 is 0.958 bits per heavy atom. The van der Waals surface area contributed by atoms with Crippen LogP contribution >= 0.6 is 22.6 Å². The molecule has 0 aliphatic rings. The van der Waals surface area contributed by atoms with Crippen LogP contribution in [-0.4, -0.2) is 26.0 Å². The molecule has 2 rings (SSSR count). The Labute approximate surface area is 153 Å². The monoisotopic (exact) mass is 440 g/mol. The normalized spacial score (nSPS) is 10.0. The molecule has 0 aliphatic heterocycles. The van der Waals surface area contributed by atoms with Crippen molar-refractivity contribution in [3.05, 3.63) is 45.5 Å². The number of nitrogens with one attached hydrogen (secondary N) is 2. The summed E-state index contributed by atoms with van der Waals surface area (Å²) < 4.78 is 11.4. The number of benzene rings is 2. The molecule has 24 heavy (non-hydrogen) atoms. The van der Waals surface area contributed by atoms with E-state index in [0.717, 1.165) is 3.57 Å². The average molecular weight is 440 g/mol. The molecule has 6 nitrogen and oxygen atoms in total. The van der Waals surface area contributed by atoms with E-state index in [2.05, 4.69) is 33.2 Å². The molecule has 2 N–H and O–H groups in total. The third-order valence-electron chi connectivity index (χ3n) is 3.20. The number of halogens is 1. The molecule has 0 aliphatic carbocycles. The Kier molecular flexibility index (Phi) is 6.02. The van der Waals surface area contributed by atoms with Gasteiger partial charge < -0.3 is 20.1 Å². The van der Waals surface area contributed by atoms with Crippen LogP contribution < -0.4 is 20.1 Å². The topological polar surface area (TPSA) is 76.7 Å². The zero-order valence-corrected chi connectivity index (χ0v) is 15.6. The number of hydrogen-bond acceptors (Lipinski definition) is 4. The first-order valence-electron chi connectivity index (χ1n) is 7.05. The fraction of sp³-hybridized carbons (Fsp3) is 0.176. The van der Waals surface area contributed by atoms with Crippen LogP contribution in [-0.2, 0) is 4.79 Å². The van der Waals surface area contributed by atoms with Gasteiger partial charge in [-0.1, -0.05) is 12.1 Å². The zero-order chi connectivity index (χ0) is 17.7. The molecule has 2 aromatic carbocycles. The van der Waals surface area contributed by atoms with Gasteiger partial charge in [-0.25, -0.2) is 0 Å². The number of amides is 2. The van der Waals surface area contributed by atoms with Crippen LogP contribution in [0.4, 0.5) is 11.4 Å². The van der Waals surface area contributed by atoms with Crippen LogP contribution in [0.5, 0.6) is 11.5 Å². The third kappa shape index (κ3) is 4.16. The summed E-state index contributed by atoms with van der Waals surface area (Å²) in [5, 5.41) is 5.47. The third-order valence-corrected chi connectivity index (χ3v) is 4.14. The van der Waals surface area contributed by atoms with Crippen molar-refractivity contribution >= 4 is 45.8 Å². The molecule has 0 bridgehead atoms. The number of hydrogen-bond donors (Lipinski definition) is 2. The molecular weight excluding hydrogens is 423 g/mol. The van der Waals surface area contributed by atoms with Gasteiger partial charge in [-0.2, -0.15) is 0 Å². The van der Waals surface area contributed by atoms with Gasteiger partial charge in [-0.05, 0) is 34.7 Å². The van der Waals surface area contributed by atoms with Gasteiger partial charge in [0.2, 0.25) is 5.91 Å². The number of methoxy groups -OCH3 is 2. The van der Waals surface area contributed by atoms with Crippen molar-refractivity contribution in [1.82, 2.24) is 0 Å².